The maximum absolute atomic E-state index is 5.52. The van der Waals surface area contributed by atoms with E-state index in [1.54, 1.807) is 0 Å². The lowest BCUT2D eigenvalue weighted by Crippen LogP contribution is -1.99. The van der Waals surface area contributed by atoms with Crippen LogP contribution in [0.2, 0.25) is 0 Å². The Kier molecular flexibility index (Phi) is 2.86. The highest BCUT2D eigenvalue weighted by molar-refractivity contribution is 5.56. The Balaban J connectivity index is 2.88. The van der Waals surface area contributed by atoms with Gasteiger partial charge in [0.15, 0.2) is 0 Å². The lowest BCUT2D eigenvalue weighted by molar-refractivity contribution is 0.879. The van der Waals surface area contributed by atoms with E-state index in [1.165, 1.54) is 0 Å². The number of rotatable bonds is 3. The smallest absolute Gasteiger partial charge is 0.0856 e. The Bertz CT molecular complexity index is 279. The van der Waals surface area contributed by atoms with Crippen LogP contribution in [0.15, 0.2) is 24.8 Å². The summed E-state index contributed by atoms with van der Waals surface area (Å²) in [5, 5.41) is 0. The van der Waals surface area contributed by atoms with Gasteiger partial charge in [0.2, 0.25) is 0 Å². The Morgan fingerprint density at radius 3 is 2.92 bits per heavy atom. The Morgan fingerprint density at radius 2 is 2.33 bits per heavy atom. The summed E-state index contributed by atoms with van der Waals surface area (Å²) in [5.41, 5.74) is 7.93. The molecule has 2 nitrogen and oxygen atoms in total. The summed E-state index contributed by atoms with van der Waals surface area (Å²) in [6.07, 6.45) is 2.11. The fourth-order valence-corrected chi connectivity index (χ4v) is 1.05. The Labute approximate surface area is 73.1 Å². The van der Waals surface area contributed by atoms with Crippen LogP contribution in [0.4, 0.5) is 0 Å². The number of nitrogens with zero attached hydrogens (tertiary/aromatic N) is 1. The van der Waals surface area contributed by atoms with Crippen LogP contribution in [0.1, 0.15) is 24.7 Å². The standard InChI is InChI=1S/C10H14N2/c1-3-5-9-6-4-7-10(12-9)8(2)11/h4,6-7H,2-3,5,11H2,1H3. The molecule has 64 valence electrons. The number of nitrogens with two attached hydrogens (primary N) is 1. The van der Waals surface area contributed by atoms with Crippen LogP contribution >= 0.6 is 0 Å². The van der Waals surface area contributed by atoms with Crippen molar-refractivity contribution in [3.63, 3.8) is 0 Å². The molecule has 0 aliphatic heterocycles. The van der Waals surface area contributed by atoms with Crippen LogP contribution < -0.4 is 5.73 Å². The van der Waals surface area contributed by atoms with Gasteiger partial charge >= 0.3 is 0 Å². The third-order valence-corrected chi connectivity index (χ3v) is 1.64. The van der Waals surface area contributed by atoms with Crippen LogP contribution in [0, 0.1) is 0 Å². The zero-order valence-corrected chi connectivity index (χ0v) is 7.38. The van der Waals surface area contributed by atoms with E-state index in [-0.39, 0.29) is 0 Å². The second-order valence-corrected chi connectivity index (χ2v) is 2.79. The third-order valence-electron chi connectivity index (χ3n) is 1.64. The van der Waals surface area contributed by atoms with E-state index < -0.39 is 0 Å². The molecule has 1 aromatic heterocycles. The van der Waals surface area contributed by atoms with Crippen LogP contribution in [-0.2, 0) is 6.42 Å². The molecular formula is C10H14N2. The van der Waals surface area contributed by atoms with Gasteiger partial charge < -0.3 is 5.73 Å². The molecule has 12 heavy (non-hydrogen) atoms. The van der Waals surface area contributed by atoms with Crippen molar-refractivity contribution < 1.29 is 0 Å². The molecule has 0 aliphatic rings. The lowest BCUT2D eigenvalue weighted by atomic mass is 10.2. The van der Waals surface area contributed by atoms with Gasteiger partial charge in [-0.05, 0) is 18.6 Å². The van der Waals surface area contributed by atoms with Gasteiger partial charge in [-0.25, -0.2) is 0 Å². The average Bonchev–Trinajstić information content (AvgIpc) is 2.05. The normalized spacial score (nSPS) is 9.75. The number of pyridine rings is 1. The molecular weight excluding hydrogens is 148 g/mol. The topological polar surface area (TPSA) is 38.9 Å². The first-order chi connectivity index (χ1) is 5.74. The summed E-state index contributed by atoms with van der Waals surface area (Å²) in [6, 6.07) is 5.85. The zero-order valence-electron chi connectivity index (χ0n) is 7.38. The summed E-state index contributed by atoms with van der Waals surface area (Å²) in [6.45, 7) is 5.77. The molecule has 0 fully saturated rings. The molecule has 0 unspecified atom stereocenters. The SMILES string of the molecule is C=C(N)c1cccc(CCC)n1. The molecule has 0 saturated heterocycles. The lowest BCUT2D eigenvalue weighted by Gasteiger charge is -2.01. The molecule has 2 N–H and O–H groups in total. The van der Waals surface area contributed by atoms with Crippen LogP contribution in [0.5, 0.6) is 0 Å². The van der Waals surface area contributed by atoms with Crippen molar-refractivity contribution in [1.82, 2.24) is 4.98 Å². The maximum atomic E-state index is 5.52. The maximum Gasteiger partial charge on any atom is 0.0856 e. The van der Waals surface area contributed by atoms with Crippen LogP contribution in [-0.4, -0.2) is 4.98 Å². The molecule has 0 aromatic carbocycles. The fourth-order valence-electron chi connectivity index (χ4n) is 1.05. The summed E-state index contributed by atoms with van der Waals surface area (Å²) < 4.78 is 0. The molecule has 0 radical (unpaired) electrons. The van der Waals surface area contributed by atoms with Crippen molar-refractivity contribution in [2.75, 3.05) is 0 Å². The van der Waals surface area contributed by atoms with E-state index >= 15 is 0 Å². The van der Waals surface area contributed by atoms with Gasteiger partial charge in [0.1, 0.15) is 0 Å². The first-order valence-corrected chi connectivity index (χ1v) is 4.14. The van der Waals surface area contributed by atoms with Gasteiger partial charge in [-0.1, -0.05) is 26.0 Å². The van der Waals surface area contributed by atoms with Gasteiger partial charge in [-0.2, -0.15) is 0 Å². The predicted molar refractivity (Wildman–Crippen MR) is 51.5 cm³/mol. The monoisotopic (exact) mass is 162 g/mol. The molecule has 0 spiro atoms. The van der Waals surface area contributed by atoms with Crippen molar-refractivity contribution in [3.8, 4) is 0 Å². The summed E-state index contributed by atoms with van der Waals surface area (Å²) in [5.74, 6) is 0. The van der Waals surface area contributed by atoms with E-state index in [9.17, 15) is 0 Å². The molecule has 2 heteroatoms. The van der Waals surface area contributed by atoms with Crippen molar-refractivity contribution in [1.29, 1.82) is 0 Å². The largest absolute Gasteiger partial charge is 0.397 e. The van der Waals surface area contributed by atoms with E-state index in [0.717, 1.165) is 24.2 Å². The predicted octanol–water partition coefficient (Wildman–Crippen LogP) is 1.96. The van der Waals surface area contributed by atoms with Crippen LogP contribution in [0.25, 0.3) is 5.70 Å². The summed E-state index contributed by atoms with van der Waals surface area (Å²) in [4.78, 5) is 4.34. The van der Waals surface area contributed by atoms with Crippen molar-refractivity contribution in [2.45, 2.75) is 19.8 Å². The Morgan fingerprint density at radius 1 is 1.58 bits per heavy atom. The minimum absolute atomic E-state index is 0.535. The van der Waals surface area contributed by atoms with E-state index in [4.69, 9.17) is 5.73 Å². The third kappa shape index (κ3) is 2.09. The number of hydrogen-bond donors (Lipinski definition) is 1. The van der Waals surface area contributed by atoms with Gasteiger partial charge in [0.05, 0.1) is 11.4 Å². The summed E-state index contributed by atoms with van der Waals surface area (Å²) in [7, 11) is 0. The minimum Gasteiger partial charge on any atom is -0.397 e. The second-order valence-electron chi connectivity index (χ2n) is 2.79. The quantitative estimate of drug-likeness (QED) is 0.738. The van der Waals surface area contributed by atoms with E-state index in [1.807, 2.05) is 18.2 Å². The highest BCUT2D eigenvalue weighted by Crippen LogP contribution is 2.06. The molecule has 0 atom stereocenters. The molecule has 0 aliphatic carbocycles. The van der Waals surface area contributed by atoms with Gasteiger partial charge in [0.25, 0.3) is 0 Å². The van der Waals surface area contributed by atoms with Gasteiger partial charge in [-0.3, -0.25) is 4.98 Å². The minimum atomic E-state index is 0.535. The van der Waals surface area contributed by atoms with Crippen molar-refractivity contribution >= 4 is 5.70 Å². The molecule has 0 bridgehead atoms. The first kappa shape index (κ1) is 8.78. The molecule has 0 saturated carbocycles. The molecule has 1 heterocycles. The highest BCUT2D eigenvalue weighted by Gasteiger charge is 1.96. The summed E-state index contributed by atoms with van der Waals surface area (Å²) >= 11 is 0. The number of hydrogen-bond acceptors (Lipinski definition) is 2. The highest BCUT2D eigenvalue weighted by atomic mass is 14.8. The van der Waals surface area contributed by atoms with Crippen molar-refractivity contribution in [2.24, 2.45) is 5.73 Å². The van der Waals surface area contributed by atoms with Gasteiger partial charge in [-0.15, -0.1) is 0 Å². The average molecular weight is 162 g/mol. The molecule has 1 rings (SSSR count). The fraction of sp³-hybridized carbons (Fsp3) is 0.300. The Hall–Kier alpha value is -1.31. The molecule has 0 amide bonds. The zero-order chi connectivity index (χ0) is 8.97. The van der Waals surface area contributed by atoms with E-state index in [2.05, 4.69) is 18.5 Å². The van der Waals surface area contributed by atoms with Crippen LogP contribution in [0.3, 0.4) is 0 Å². The number of aromatic nitrogens is 1. The van der Waals surface area contributed by atoms with Gasteiger partial charge in [0, 0.05) is 5.69 Å². The van der Waals surface area contributed by atoms with Crippen molar-refractivity contribution in [3.05, 3.63) is 36.2 Å². The first-order valence-electron chi connectivity index (χ1n) is 4.14. The number of aryl methyl sites for hydroxylation is 1. The second kappa shape index (κ2) is 3.90. The molecule has 1 aromatic rings. The van der Waals surface area contributed by atoms with E-state index in [0.29, 0.717) is 5.70 Å².